The lowest BCUT2D eigenvalue weighted by molar-refractivity contribution is -0.160. The number of esters is 2. The molecule has 0 saturated carbocycles. The van der Waals surface area contributed by atoms with Gasteiger partial charge in [0.25, 0.3) is 0 Å². The Bertz CT molecular complexity index is 600. The van der Waals surface area contributed by atoms with E-state index in [1.54, 1.807) is 0 Å². The summed E-state index contributed by atoms with van der Waals surface area (Å²) in [5.41, 5.74) is -0.512. The second-order valence-corrected chi connectivity index (χ2v) is 9.49. The SMILES string of the molecule is CC(=O)OCCOCCOCCOCCOCCOCCOCCOCCOCCOCCOCC(=O)OC(C)(C)C. The normalized spacial score (nSPS) is 11.6. The Morgan fingerprint density at radius 1 is 0.405 bits per heavy atom. The van der Waals surface area contributed by atoms with Gasteiger partial charge in [0.1, 0.15) is 18.8 Å². The van der Waals surface area contributed by atoms with Gasteiger partial charge in [-0.15, -0.1) is 0 Å². The zero-order valence-electron chi connectivity index (χ0n) is 26.1. The summed E-state index contributed by atoms with van der Waals surface area (Å²) < 4.78 is 63.7. The standard InChI is InChI=1S/C28H54O14/c1-26(29)41-24-23-39-20-19-37-16-15-35-12-11-33-8-7-31-5-6-32-9-10-34-13-14-36-17-18-38-21-22-40-25-27(30)42-28(2,3)4/h5-25H2,1-4H3. The van der Waals surface area contributed by atoms with Crippen molar-refractivity contribution in [3.63, 3.8) is 0 Å². The van der Waals surface area contributed by atoms with Crippen molar-refractivity contribution in [1.29, 1.82) is 0 Å². The highest BCUT2D eigenvalue weighted by Crippen LogP contribution is 2.06. The summed E-state index contributed by atoms with van der Waals surface area (Å²) in [5.74, 6) is -0.704. The van der Waals surface area contributed by atoms with Crippen LogP contribution < -0.4 is 0 Å². The number of carbonyl (C=O) groups excluding carboxylic acids is 2. The molecule has 0 amide bonds. The summed E-state index contributed by atoms with van der Waals surface area (Å²) in [7, 11) is 0. The third-order valence-corrected chi connectivity index (χ3v) is 4.52. The minimum absolute atomic E-state index is 0.0857. The van der Waals surface area contributed by atoms with E-state index in [9.17, 15) is 9.59 Å². The van der Waals surface area contributed by atoms with E-state index in [0.29, 0.717) is 126 Å². The van der Waals surface area contributed by atoms with Crippen molar-refractivity contribution >= 4 is 11.9 Å². The van der Waals surface area contributed by atoms with E-state index in [4.69, 9.17) is 56.8 Å². The molecule has 0 aliphatic heterocycles. The molecule has 0 bridgehead atoms. The van der Waals surface area contributed by atoms with Crippen LogP contribution in [0.25, 0.3) is 0 Å². The summed E-state index contributed by atoms with van der Waals surface area (Å²) in [6, 6.07) is 0. The van der Waals surface area contributed by atoms with Crippen molar-refractivity contribution < 1.29 is 66.4 Å². The van der Waals surface area contributed by atoms with Crippen molar-refractivity contribution in [2.75, 3.05) is 139 Å². The van der Waals surface area contributed by atoms with Crippen LogP contribution in [0.5, 0.6) is 0 Å². The summed E-state index contributed by atoms with van der Waals surface area (Å²) in [4.78, 5) is 22.1. The van der Waals surface area contributed by atoms with Crippen LogP contribution in [0.15, 0.2) is 0 Å². The van der Waals surface area contributed by atoms with Gasteiger partial charge in [0.15, 0.2) is 0 Å². The van der Waals surface area contributed by atoms with Crippen molar-refractivity contribution in [2.45, 2.75) is 33.3 Å². The van der Waals surface area contributed by atoms with Crippen LogP contribution in [-0.2, 0) is 66.4 Å². The highest BCUT2D eigenvalue weighted by atomic mass is 16.6. The first-order valence-electron chi connectivity index (χ1n) is 14.4. The molecule has 250 valence electrons. The van der Waals surface area contributed by atoms with E-state index in [2.05, 4.69) is 0 Å². The first kappa shape index (κ1) is 40.5. The maximum atomic E-state index is 11.5. The lowest BCUT2D eigenvalue weighted by atomic mass is 10.2. The second-order valence-electron chi connectivity index (χ2n) is 9.49. The van der Waals surface area contributed by atoms with Gasteiger partial charge in [-0.1, -0.05) is 0 Å². The summed E-state index contributed by atoms with van der Waals surface area (Å²) >= 11 is 0. The molecule has 0 aliphatic carbocycles. The van der Waals surface area contributed by atoms with Crippen LogP contribution >= 0.6 is 0 Å². The minimum atomic E-state index is -0.512. The Morgan fingerprint density at radius 2 is 0.643 bits per heavy atom. The van der Waals surface area contributed by atoms with E-state index in [1.165, 1.54) is 6.92 Å². The molecule has 0 spiro atoms. The van der Waals surface area contributed by atoms with Gasteiger partial charge in [-0.25, -0.2) is 4.79 Å². The summed E-state index contributed by atoms with van der Waals surface area (Å²) in [6.45, 7) is 15.6. The molecule has 0 aromatic heterocycles. The quantitative estimate of drug-likeness (QED) is 0.0786. The fraction of sp³-hybridized carbons (Fsp3) is 0.929. The van der Waals surface area contributed by atoms with Gasteiger partial charge >= 0.3 is 11.9 Å². The third-order valence-electron chi connectivity index (χ3n) is 4.52. The van der Waals surface area contributed by atoms with Crippen LogP contribution in [0.1, 0.15) is 27.7 Å². The maximum Gasteiger partial charge on any atom is 0.332 e. The van der Waals surface area contributed by atoms with Crippen LogP contribution in [0, 0.1) is 0 Å². The predicted molar refractivity (Wildman–Crippen MR) is 151 cm³/mol. The minimum Gasteiger partial charge on any atom is -0.463 e. The molecule has 0 saturated heterocycles. The van der Waals surface area contributed by atoms with Gasteiger partial charge in [0.2, 0.25) is 0 Å². The summed E-state index contributed by atoms with van der Waals surface area (Å²) in [6.07, 6.45) is 0. The van der Waals surface area contributed by atoms with E-state index in [1.807, 2.05) is 20.8 Å². The third kappa shape index (κ3) is 36.6. The molecule has 14 nitrogen and oxygen atoms in total. The molecule has 0 aliphatic rings. The molecule has 0 N–H and O–H groups in total. The highest BCUT2D eigenvalue weighted by molar-refractivity contribution is 5.71. The lowest BCUT2D eigenvalue weighted by Crippen LogP contribution is -2.27. The summed E-state index contributed by atoms with van der Waals surface area (Å²) in [5, 5.41) is 0. The number of rotatable bonds is 32. The van der Waals surface area contributed by atoms with Gasteiger partial charge in [-0.05, 0) is 20.8 Å². The van der Waals surface area contributed by atoms with E-state index < -0.39 is 5.60 Å². The van der Waals surface area contributed by atoms with Crippen LogP contribution in [-0.4, -0.2) is 156 Å². The number of ether oxygens (including phenoxy) is 12. The molecule has 0 heterocycles. The predicted octanol–water partition coefficient (Wildman–Crippen LogP) is 1.06. The average Bonchev–Trinajstić information content (AvgIpc) is 2.92. The molecule has 0 atom stereocenters. The first-order valence-corrected chi connectivity index (χ1v) is 14.4. The van der Waals surface area contributed by atoms with Crippen molar-refractivity contribution in [1.82, 2.24) is 0 Å². The van der Waals surface area contributed by atoms with Crippen LogP contribution in [0.3, 0.4) is 0 Å². The van der Waals surface area contributed by atoms with Crippen LogP contribution in [0.2, 0.25) is 0 Å². The average molecular weight is 615 g/mol. The van der Waals surface area contributed by atoms with Crippen molar-refractivity contribution in [3.05, 3.63) is 0 Å². The fourth-order valence-electron chi connectivity index (χ4n) is 2.75. The van der Waals surface area contributed by atoms with Gasteiger partial charge in [0.05, 0.1) is 126 Å². The van der Waals surface area contributed by atoms with Gasteiger partial charge in [-0.2, -0.15) is 0 Å². The first-order chi connectivity index (χ1) is 20.3. The molecule has 14 heteroatoms. The Balaban J connectivity index is 3.10. The number of hydrogen-bond donors (Lipinski definition) is 0. The van der Waals surface area contributed by atoms with Gasteiger partial charge in [-0.3, -0.25) is 4.79 Å². The second kappa shape index (κ2) is 31.0. The van der Waals surface area contributed by atoms with Gasteiger partial charge < -0.3 is 56.8 Å². The molecule has 0 aromatic rings. The lowest BCUT2D eigenvalue weighted by Gasteiger charge is -2.19. The Hall–Kier alpha value is -1.46. The molecular weight excluding hydrogens is 560 g/mol. The Labute approximate surface area is 250 Å². The molecule has 0 fully saturated rings. The molecule has 42 heavy (non-hydrogen) atoms. The van der Waals surface area contributed by atoms with Gasteiger partial charge in [0, 0.05) is 6.92 Å². The number of carbonyl (C=O) groups is 2. The largest absolute Gasteiger partial charge is 0.463 e. The van der Waals surface area contributed by atoms with E-state index in [0.717, 1.165) is 0 Å². The highest BCUT2D eigenvalue weighted by Gasteiger charge is 2.15. The zero-order valence-corrected chi connectivity index (χ0v) is 26.1. The monoisotopic (exact) mass is 614 g/mol. The Morgan fingerprint density at radius 3 is 0.881 bits per heavy atom. The fourth-order valence-corrected chi connectivity index (χ4v) is 2.75. The topological polar surface area (TPSA) is 145 Å². The zero-order chi connectivity index (χ0) is 31.0. The molecular formula is C28H54O14. The Kier molecular flexibility index (Phi) is 29.9. The van der Waals surface area contributed by atoms with Crippen molar-refractivity contribution in [2.24, 2.45) is 0 Å². The smallest absolute Gasteiger partial charge is 0.332 e. The number of hydrogen-bond acceptors (Lipinski definition) is 14. The molecule has 0 aromatic carbocycles. The van der Waals surface area contributed by atoms with E-state index in [-0.39, 0.29) is 25.2 Å². The maximum absolute atomic E-state index is 11.5. The molecule has 0 rings (SSSR count). The molecule has 0 radical (unpaired) electrons. The molecule has 0 unspecified atom stereocenters. The van der Waals surface area contributed by atoms with E-state index >= 15 is 0 Å². The van der Waals surface area contributed by atoms with Crippen LogP contribution in [0.4, 0.5) is 0 Å². The van der Waals surface area contributed by atoms with Crippen molar-refractivity contribution in [3.8, 4) is 0 Å².